The Labute approximate surface area is 120 Å². The number of Topliss-reactive ketones (excluding diaryl/α,β-unsaturated/α-hetero) is 1. The van der Waals surface area contributed by atoms with E-state index in [0.717, 1.165) is 18.4 Å². The molecule has 1 heteroatoms. The van der Waals surface area contributed by atoms with Crippen LogP contribution in [-0.2, 0) is 6.42 Å². The predicted molar refractivity (Wildman–Crippen MR) is 82.2 cm³/mol. The zero-order chi connectivity index (χ0) is 14.1. The van der Waals surface area contributed by atoms with Crippen molar-refractivity contribution < 1.29 is 4.79 Å². The molecule has 1 fully saturated rings. The summed E-state index contributed by atoms with van der Waals surface area (Å²) in [6.45, 7) is 4.26. The third-order valence-electron chi connectivity index (χ3n) is 4.36. The molecule has 2 atom stereocenters. The van der Waals surface area contributed by atoms with Crippen molar-refractivity contribution in [1.82, 2.24) is 0 Å². The van der Waals surface area contributed by atoms with Gasteiger partial charge < -0.3 is 0 Å². The van der Waals surface area contributed by atoms with Crippen LogP contribution in [0.15, 0.2) is 48.5 Å². The Bertz CT molecular complexity index is 624. The number of rotatable bonds is 4. The van der Waals surface area contributed by atoms with Crippen LogP contribution in [-0.4, -0.2) is 5.78 Å². The molecule has 0 radical (unpaired) electrons. The highest BCUT2D eigenvalue weighted by atomic mass is 16.1. The van der Waals surface area contributed by atoms with Crippen LogP contribution in [0.3, 0.4) is 0 Å². The number of carbonyl (C=O) groups excluding carboxylic acids is 1. The van der Waals surface area contributed by atoms with Crippen molar-refractivity contribution in [1.29, 1.82) is 0 Å². The van der Waals surface area contributed by atoms with Gasteiger partial charge >= 0.3 is 0 Å². The molecule has 0 amide bonds. The molecule has 0 saturated heterocycles. The third-order valence-corrected chi connectivity index (χ3v) is 4.36. The van der Waals surface area contributed by atoms with Gasteiger partial charge in [-0.1, -0.05) is 55.5 Å². The molecule has 0 N–H and O–H groups in total. The molecule has 0 bridgehead atoms. The van der Waals surface area contributed by atoms with Crippen molar-refractivity contribution >= 4 is 5.78 Å². The maximum atomic E-state index is 12.5. The van der Waals surface area contributed by atoms with Gasteiger partial charge in [0.2, 0.25) is 0 Å². The van der Waals surface area contributed by atoms with Crippen molar-refractivity contribution in [3.63, 3.8) is 0 Å². The first-order valence-electron chi connectivity index (χ1n) is 7.39. The Morgan fingerprint density at radius 3 is 2.45 bits per heavy atom. The van der Waals surface area contributed by atoms with Gasteiger partial charge in [-0.2, -0.15) is 0 Å². The lowest BCUT2D eigenvalue weighted by Crippen LogP contribution is -2.03. The average molecular weight is 264 g/mol. The van der Waals surface area contributed by atoms with Crippen molar-refractivity contribution in [3.8, 4) is 0 Å². The lowest BCUT2D eigenvalue weighted by molar-refractivity contribution is 0.0965. The molecular weight excluding hydrogens is 244 g/mol. The number of hydrogen-bond acceptors (Lipinski definition) is 1. The van der Waals surface area contributed by atoms with Crippen LogP contribution in [0.2, 0.25) is 0 Å². The largest absolute Gasteiger partial charge is 0.294 e. The average Bonchev–Trinajstić information content (AvgIpc) is 3.27. The molecule has 20 heavy (non-hydrogen) atoms. The third kappa shape index (κ3) is 2.40. The van der Waals surface area contributed by atoms with Gasteiger partial charge in [0.25, 0.3) is 0 Å². The Balaban J connectivity index is 1.75. The summed E-state index contributed by atoms with van der Waals surface area (Å²) in [5, 5.41) is 0. The van der Waals surface area contributed by atoms with Gasteiger partial charge in [-0.05, 0) is 42.4 Å². The van der Waals surface area contributed by atoms with Crippen LogP contribution in [0.4, 0.5) is 0 Å². The molecular formula is C19H20O. The second kappa shape index (κ2) is 5.24. The lowest BCUT2D eigenvalue weighted by atomic mass is 9.99. The summed E-state index contributed by atoms with van der Waals surface area (Å²) in [4.78, 5) is 12.5. The fraction of sp³-hybridized carbons (Fsp3) is 0.316. The first-order valence-corrected chi connectivity index (χ1v) is 7.39. The van der Waals surface area contributed by atoms with E-state index in [0.29, 0.717) is 11.7 Å². The Morgan fingerprint density at radius 1 is 1.10 bits per heavy atom. The monoisotopic (exact) mass is 264 g/mol. The highest BCUT2D eigenvalue weighted by Crippen LogP contribution is 2.50. The van der Waals surface area contributed by atoms with Gasteiger partial charge in [0, 0.05) is 11.5 Å². The maximum Gasteiger partial charge on any atom is 0.166 e. The summed E-state index contributed by atoms with van der Waals surface area (Å²) >= 11 is 0. The summed E-state index contributed by atoms with van der Waals surface area (Å²) in [5.41, 5.74) is 4.79. The molecule has 102 valence electrons. The zero-order valence-electron chi connectivity index (χ0n) is 12.1. The molecule has 2 aromatic carbocycles. The molecule has 0 aromatic heterocycles. The van der Waals surface area contributed by atoms with Gasteiger partial charge in [-0.15, -0.1) is 0 Å². The van der Waals surface area contributed by atoms with E-state index < -0.39 is 0 Å². The molecule has 1 aliphatic carbocycles. The zero-order valence-corrected chi connectivity index (χ0v) is 12.1. The van der Waals surface area contributed by atoms with Gasteiger partial charge in [0.1, 0.15) is 0 Å². The van der Waals surface area contributed by atoms with Crippen LogP contribution in [0.25, 0.3) is 0 Å². The van der Waals surface area contributed by atoms with Gasteiger partial charge in [0.05, 0.1) is 0 Å². The number of ketones is 1. The summed E-state index contributed by atoms with van der Waals surface area (Å²) in [7, 11) is 0. The van der Waals surface area contributed by atoms with Crippen LogP contribution in [0.5, 0.6) is 0 Å². The molecule has 3 rings (SSSR count). The van der Waals surface area contributed by atoms with E-state index in [1.54, 1.807) is 0 Å². The fourth-order valence-corrected chi connectivity index (χ4v) is 2.95. The number of carbonyl (C=O) groups is 1. The van der Waals surface area contributed by atoms with Crippen LogP contribution < -0.4 is 0 Å². The molecule has 2 unspecified atom stereocenters. The SMILES string of the molecule is CCc1ccc(C(=O)C2CC2c2ccccc2C)cc1. The highest BCUT2D eigenvalue weighted by Gasteiger charge is 2.44. The number of aryl methyl sites for hydroxylation is 2. The number of hydrogen-bond donors (Lipinski definition) is 0. The van der Waals surface area contributed by atoms with E-state index in [1.165, 1.54) is 16.7 Å². The van der Waals surface area contributed by atoms with Gasteiger partial charge in [0.15, 0.2) is 5.78 Å². The van der Waals surface area contributed by atoms with Crippen molar-refractivity contribution in [2.24, 2.45) is 5.92 Å². The van der Waals surface area contributed by atoms with E-state index >= 15 is 0 Å². The van der Waals surface area contributed by atoms with Crippen LogP contribution >= 0.6 is 0 Å². The lowest BCUT2D eigenvalue weighted by Gasteiger charge is -2.05. The van der Waals surface area contributed by atoms with Gasteiger partial charge in [-0.3, -0.25) is 4.79 Å². The van der Waals surface area contributed by atoms with Crippen molar-refractivity contribution in [3.05, 3.63) is 70.8 Å². The standard InChI is InChI=1S/C19H20O/c1-3-14-8-10-15(11-9-14)19(20)18-12-17(18)16-7-5-4-6-13(16)2/h4-11,17-18H,3,12H2,1-2H3. The van der Waals surface area contributed by atoms with Crippen molar-refractivity contribution in [2.75, 3.05) is 0 Å². The summed E-state index contributed by atoms with van der Waals surface area (Å²) in [5.74, 6) is 0.916. The predicted octanol–water partition coefficient (Wildman–Crippen LogP) is 4.54. The van der Waals surface area contributed by atoms with E-state index in [1.807, 2.05) is 12.1 Å². The Kier molecular flexibility index (Phi) is 3.43. The minimum Gasteiger partial charge on any atom is -0.294 e. The summed E-state index contributed by atoms with van der Waals surface area (Å²) in [6.07, 6.45) is 2.02. The normalized spacial score (nSPS) is 20.7. The quantitative estimate of drug-likeness (QED) is 0.741. The highest BCUT2D eigenvalue weighted by molar-refractivity contribution is 6.00. The smallest absolute Gasteiger partial charge is 0.166 e. The molecule has 0 spiro atoms. The minimum atomic E-state index is 0.184. The molecule has 0 aliphatic heterocycles. The second-order valence-corrected chi connectivity index (χ2v) is 5.72. The van der Waals surface area contributed by atoms with Crippen LogP contribution in [0, 0.1) is 12.8 Å². The summed E-state index contributed by atoms with van der Waals surface area (Å²) < 4.78 is 0. The minimum absolute atomic E-state index is 0.184. The van der Waals surface area contributed by atoms with Gasteiger partial charge in [-0.25, -0.2) is 0 Å². The van der Waals surface area contributed by atoms with E-state index in [2.05, 4.69) is 50.2 Å². The Hall–Kier alpha value is -1.89. The topological polar surface area (TPSA) is 17.1 Å². The van der Waals surface area contributed by atoms with E-state index in [-0.39, 0.29) is 5.92 Å². The first kappa shape index (κ1) is 13.1. The second-order valence-electron chi connectivity index (χ2n) is 5.72. The maximum absolute atomic E-state index is 12.5. The Morgan fingerprint density at radius 2 is 1.80 bits per heavy atom. The van der Waals surface area contributed by atoms with E-state index in [4.69, 9.17) is 0 Å². The first-order chi connectivity index (χ1) is 9.70. The molecule has 1 aliphatic rings. The summed E-state index contributed by atoms with van der Waals surface area (Å²) in [6, 6.07) is 16.5. The molecule has 1 nitrogen and oxygen atoms in total. The van der Waals surface area contributed by atoms with Crippen molar-refractivity contribution in [2.45, 2.75) is 32.6 Å². The molecule has 2 aromatic rings. The molecule has 0 heterocycles. The number of benzene rings is 2. The molecule has 1 saturated carbocycles. The van der Waals surface area contributed by atoms with Crippen LogP contribution in [0.1, 0.15) is 46.3 Å². The van der Waals surface area contributed by atoms with E-state index in [9.17, 15) is 4.79 Å². The fourth-order valence-electron chi connectivity index (χ4n) is 2.95.